The van der Waals surface area contributed by atoms with E-state index in [0.29, 0.717) is 18.1 Å². The fourth-order valence-electron chi connectivity index (χ4n) is 2.25. The Labute approximate surface area is 153 Å². The standard InChI is InChI=1S/C19H22ClN3O2/c1-3-4-12-23(2)19(25)17-7-5-6-16(22-17)18(24)21-13-14-8-10-15(20)11-9-14/h5-11H,3-4,12-13H2,1-2H3,(H,21,24). The summed E-state index contributed by atoms with van der Waals surface area (Å²) in [6, 6.07) is 12.1. The quantitative estimate of drug-likeness (QED) is 0.822. The number of rotatable bonds is 7. The molecular weight excluding hydrogens is 338 g/mol. The number of nitrogens with one attached hydrogen (secondary N) is 1. The van der Waals surface area contributed by atoms with E-state index in [1.807, 2.05) is 12.1 Å². The van der Waals surface area contributed by atoms with Gasteiger partial charge in [0.05, 0.1) is 0 Å². The largest absolute Gasteiger partial charge is 0.347 e. The number of hydrogen-bond acceptors (Lipinski definition) is 3. The molecule has 1 N–H and O–H groups in total. The number of carbonyl (C=O) groups is 2. The minimum Gasteiger partial charge on any atom is -0.347 e. The Morgan fingerprint density at radius 1 is 1.12 bits per heavy atom. The molecular formula is C19H22ClN3O2. The maximum absolute atomic E-state index is 12.4. The fraction of sp³-hybridized carbons (Fsp3) is 0.316. The van der Waals surface area contributed by atoms with Crippen molar-refractivity contribution in [2.45, 2.75) is 26.3 Å². The zero-order chi connectivity index (χ0) is 18.2. The maximum Gasteiger partial charge on any atom is 0.272 e. The molecule has 0 fully saturated rings. The van der Waals surface area contributed by atoms with E-state index in [4.69, 9.17) is 11.6 Å². The molecule has 5 nitrogen and oxygen atoms in total. The Balaban J connectivity index is 2.00. The van der Waals surface area contributed by atoms with Crippen molar-refractivity contribution in [2.75, 3.05) is 13.6 Å². The molecule has 0 radical (unpaired) electrons. The lowest BCUT2D eigenvalue weighted by atomic mass is 10.2. The van der Waals surface area contributed by atoms with Gasteiger partial charge in [0.15, 0.2) is 0 Å². The Morgan fingerprint density at radius 2 is 1.80 bits per heavy atom. The highest BCUT2D eigenvalue weighted by atomic mass is 35.5. The molecule has 25 heavy (non-hydrogen) atoms. The molecule has 0 aliphatic carbocycles. The average molecular weight is 360 g/mol. The smallest absolute Gasteiger partial charge is 0.272 e. The van der Waals surface area contributed by atoms with Gasteiger partial charge in [-0.3, -0.25) is 9.59 Å². The summed E-state index contributed by atoms with van der Waals surface area (Å²) in [4.78, 5) is 30.5. The molecule has 2 amide bonds. The van der Waals surface area contributed by atoms with E-state index in [0.717, 1.165) is 18.4 Å². The van der Waals surface area contributed by atoms with Crippen LogP contribution in [0, 0.1) is 0 Å². The van der Waals surface area contributed by atoms with E-state index in [1.165, 1.54) is 0 Å². The zero-order valence-electron chi connectivity index (χ0n) is 14.5. The second-order valence-electron chi connectivity index (χ2n) is 5.80. The molecule has 0 aliphatic heterocycles. The molecule has 2 rings (SSSR count). The van der Waals surface area contributed by atoms with Gasteiger partial charge in [0, 0.05) is 25.2 Å². The van der Waals surface area contributed by atoms with Gasteiger partial charge in [-0.1, -0.05) is 43.1 Å². The van der Waals surface area contributed by atoms with Crippen LogP contribution in [0.1, 0.15) is 46.3 Å². The van der Waals surface area contributed by atoms with Crippen molar-refractivity contribution in [1.29, 1.82) is 0 Å². The summed E-state index contributed by atoms with van der Waals surface area (Å²) in [6.45, 7) is 3.11. The first kappa shape index (κ1) is 18.9. The van der Waals surface area contributed by atoms with E-state index < -0.39 is 0 Å². The van der Waals surface area contributed by atoms with E-state index in [1.54, 1.807) is 42.3 Å². The third-order valence-electron chi connectivity index (χ3n) is 3.76. The SMILES string of the molecule is CCCCN(C)C(=O)c1cccc(C(=O)NCc2ccc(Cl)cc2)n1. The highest BCUT2D eigenvalue weighted by Crippen LogP contribution is 2.09. The van der Waals surface area contributed by atoms with Crippen molar-refractivity contribution >= 4 is 23.4 Å². The minimum absolute atomic E-state index is 0.180. The van der Waals surface area contributed by atoms with Gasteiger partial charge >= 0.3 is 0 Å². The number of benzene rings is 1. The van der Waals surface area contributed by atoms with Crippen molar-refractivity contribution in [3.05, 3.63) is 64.4 Å². The maximum atomic E-state index is 12.4. The van der Waals surface area contributed by atoms with Gasteiger partial charge in [-0.05, 0) is 36.2 Å². The molecule has 2 aromatic rings. The molecule has 0 spiro atoms. The van der Waals surface area contributed by atoms with E-state index in [2.05, 4.69) is 17.2 Å². The van der Waals surface area contributed by atoms with Crippen LogP contribution in [0.15, 0.2) is 42.5 Å². The molecule has 0 bridgehead atoms. The summed E-state index contributed by atoms with van der Waals surface area (Å²) in [7, 11) is 1.74. The van der Waals surface area contributed by atoms with Crippen LogP contribution >= 0.6 is 11.6 Å². The molecule has 1 heterocycles. The summed E-state index contributed by atoms with van der Waals surface area (Å²) in [5, 5.41) is 3.44. The van der Waals surface area contributed by atoms with Crippen LogP contribution in [0.25, 0.3) is 0 Å². The van der Waals surface area contributed by atoms with E-state index in [9.17, 15) is 9.59 Å². The van der Waals surface area contributed by atoms with Crippen LogP contribution in [0.2, 0.25) is 5.02 Å². The minimum atomic E-state index is -0.319. The topological polar surface area (TPSA) is 62.3 Å². The first-order chi connectivity index (χ1) is 12.0. The van der Waals surface area contributed by atoms with Crippen LogP contribution in [0.4, 0.5) is 0 Å². The number of nitrogens with zero attached hydrogens (tertiary/aromatic N) is 2. The van der Waals surface area contributed by atoms with Gasteiger partial charge in [-0.15, -0.1) is 0 Å². The monoisotopic (exact) mass is 359 g/mol. The summed E-state index contributed by atoms with van der Waals surface area (Å²) in [5.41, 5.74) is 1.44. The normalized spacial score (nSPS) is 10.4. The van der Waals surface area contributed by atoms with Crippen LogP contribution < -0.4 is 5.32 Å². The molecule has 0 unspecified atom stereocenters. The van der Waals surface area contributed by atoms with E-state index in [-0.39, 0.29) is 23.2 Å². The molecule has 0 atom stereocenters. The Kier molecular flexibility index (Phi) is 6.95. The van der Waals surface area contributed by atoms with Crippen LogP contribution in [-0.2, 0) is 6.54 Å². The Morgan fingerprint density at radius 3 is 2.48 bits per heavy atom. The summed E-state index contributed by atoms with van der Waals surface area (Å²) >= 11 is 5.84. The molecule has 132 valence electrons. The highest BCUT2D eigenvalue weighted by molar-refractivity contribution is 6.30. The van der Waals surface area contributed by atoms with Crippen molar-refractivity contribution in [3.8, 4) is 0 Å². The molecule has 0 saturated carbocycles. The number of aromatic nitrogens is 1. The zero-order valence-corrected chi connectivity index (χ0v) is 15.2. The van der Waals surface area contributed by atoms with Crippen molar-refractivity contribution < 1.29 is 9.59 Å². The average Bonchev–Trinajstić information content (AvgIpc) is 2.64. The second-order valence-corrected chi connectivity index (χ2v) is 6.23. The predicted octanol–water partition coefficient (Wildman–Crippen LogP) is 3.54. The first-order valence-electron chi connectivity index (χ1n) is 8.26. The molecule has 1 aromatic heterocycles. The van der Waals surface area contributed by atoms with Gasteiger partial charge in [-0.2, -0.15) is 0 Å². The number of halogens is 1. The lowest BCUT2D eigenvalue weighted by Gasteiger charge is -2.16. The van der Waals surface area contributed by atoms with Gasteiger partial charge in [0.2, 0.25) is 0 Å². The van der Waals surface area contributed by atoms with Crippen LogP contribution in [0.3, 0.4) is 0 Å². The lowest BCUT2D eigenvalue weighted by Crippen LogP contribution is -2.30. The second kappa shape index (κ2) is 9.18. The van der Waals surface area contributed by atoms with Crippen LogP contribution in [-0.4, -0.2) is 35.3 Å². The third-order valence-corrected chi connectivity index (χ3v) is 4.01. The van der Waals surface area contributed by atoms with Crippen molar-refractivity contribution in [1.82, 2.24) is 15.2 Å². The summed E-state index contributed by atoms with van der Waals surface area (Å²) < 4.78 is 0. The molecule has 6 heteroatoms. The van der Waals surface area contributed by atoms with Gasteiger partial charge in [0.1, 0.15) is 11.4 Å². The van der Waals surface area contributed by atoms with Crippen LogP contribution in [0.5, 0.6) is 0 Å². The molecule has 0 aliphatic rings. The number of hydrogen-bond donors (Lipinski definition) is 1. The number of carbonyl (C=O) groups excluding carboxylic acids is 2. The Hall–Kier alpha value is -2.40. The van der Waals surface area contributed by atoms with Gasteiger partial charge in [0.25, 0.3) is 11.8 Å². The predicted molar refractivity (Wildman–Crippen MR) is 98.7 cm³/mol. The fourth-order valence-corrected chi connectivity index (χ4v) is 2.37. The number of unbranched alkanes of at least 4 members (excludes halogenated alkanes) is 1. The molecule has 0 saturated heterocycles. The van der Waals surface area contributed by atoms with Gasteiger partial charge < -0.3 is 10.2 Å². The highest BCUT2D eigenvalue weighted by Gasteiger charge is 2.15. The Bertz CT molecular complexity index is 732. The van der Waals surface area contributed by atoms with Gasteiger partial charge in [-0.25, -0.2) is 4.98 Å². The van der Waals surface area contributed by atoms with Crippen molar-refractivity contribution in [3.63, 3.8) is 0 Å². The lowest BCUT2D eigenvalue weighted by molar-refractivity contribution is 0.0787. The third kappa shape index (κ3) is 5.57. The van der Waals surface area contributed by atoms with Crippen molar-refractivity contribution in [2.24, 2.45) is 0 Å². The number of pyridine rings is 1. The first-order valence-corrected chi connectivity index (χ1v) is 8.64. The summed E-state index contributed by atoms with van der Waals surface area (Å²) in [5.74, 6) is -0.499. The van der Waals surface area contributed by atoms with E-state index >= 15 is 0 Å². The molecule has 1 aromatic carbocycles. The summed E-state index contributed by atoms with van der Waals surface area (Å²) in [6.07, 6.45) is 1.95. The number of amides is 2.